The molecule has 1 fully saturated rings. The van der Waals surface area contributed by atoms with Crippen molar-refractivity contribution in [2.75, 3.05) is 0 Å². The first-order valence-corrected chi connectivity index (χ1v) is 7.73. The van der Waals surface area contributed by atoms with E-state index in [0.717, 1.165) is 0 Å². The highest BCUT2D eigenvalue weighted by Crippen LogP contribution is 2.56. The summed E-state index contributed by atoms with van der Waals surface area (Å²) in [5.74, 6) is -1.96. The van der Waals surface area contributed by atoms with Crippen molar-refractivity contribution < 1.29 is 22.7 Å². The molecule has 1 heterocycles. The van der Waals surface area contributed by atoms with E-state index in [0.29, 0.717) is 10.0 Å². The van der Waals surface area contributed by atoms with Gasteiger partial charge in [0, 0.05) is 16.0 Å². The number of carbonyl (C=O) groups is 1. The molecule has 0 N–H and O–H groups in total. The van der Waals surface area contributed by atoms with Crippen molar-refractivity contribution in [2.45, 2.75) is 24.1 Å². The third-order valence-corrected chi connectivity index (χ3v) is 4.56. The Labute approximate surface area is 139 Å². The van der Waals surface area contributed by atoms with Gasteiger partial charge in [0.2, 0.25) is 5.60 Å². The molecule has 0 bridgehead atoms. The predicted molar refractivity (Wildman–Crippen MR) is 81.8 cm³/mol. The van der Waals surface area contributed by atoms with Gasteiger partial charge in [0.25, 0.3) is 0 Å². The minimum absolute atomic E-state index is 0.0760. The molecular formula is C17H12BrF3O2. The largest absolute Gasteiger partial charge is 0.444 e. The number of ether oxygens (including phenoxy) is 1. The highest BCUT2D eigenvalue weighted by atomic mass is 79.9. The summed E-state index contributed by atoms with van der Waals surface area (Å²) in [6, 6.07) is 13.9. The zero-order valence-corrected chi connectivity index (χ0v) is 13.4. The van der Waals surface area contributed by atoms with Gasteiger partial charge in [0.05, 0.1) is 6.42 Å². The van der Waals surface area contributed by atoms with Crippen LogP contribution in [-0.4, -0.2) is 12.1 Å². The molecule has 0 saturated carbocycles. The normalized spacial score (nSPS) is 24.5. The smallest absolute Gasteiger partial charge is 0.433 e. The number of cyclic esters (lactones) is 1. The monoisotopic (exact) mass is 384 g/mol. The molecule has 1 aliphatic heterocycles. The highest BCUT2D eigenvalue weighted by molar-refractivity contribution is 9.10. The Balaban J connectivity index is 2.21. The standard InChI is InChI=1S/C17H12BrF3O2/c18-13-8-6-12(7-9-13)16(17(19,20)21)14(10-15(22)23-16)11-4-2-1-3-5-11/h1-9,14H,10H2/t14-,16-/m0/s1. The van der Waals surface area contributed by atoms with Crippen LogP contribution in [0.5, 0.6) is 0 Å². The predicted octanol–water partition coefficient (Wildman–Crippen LogP) is 4.94. The van der Waals surface area contributed by atoms with Gasteiger partial charge in [0.15, 0.2) is 0 Å². The molecular weight excluding hydrogens is 373 g/mol. The summed E-state index contributed by atoms with van der Waals surface area (Å²) in [5.41, 5.74) is -2.31. The van der Waals surface area contributed by atoms with Gasteiger partial charge in [-0.05, 0) is 17.7 Å². The van der Waals surface area contributed by atoms with E-state index in [2.05, 4.69) is 15.9 Å². The molecule has 1 aliphatic rings. The van der Waals surface area contributed by atoms with Crippen molar-refractivity contribution in [3.63, 3.8) is 0 Å². The summed E-state index contributed by atoms with van der Waals surface area (Å²) < 4.78 is 47.6. The number of alkyl halides is 3. The number of carbonyl (C=O) groups excluding carboxylic acids is 1. The van der Waals surface area contributed by atoms with Crippen molar-refractivity contribution in [1.82, 2.24) is 0 Å². The van der Waals surface area contributed by atoms with Crippen LogP contribution in [0.3, 0.4) is 0 Å². The maximum absolute atomic E-state index is 14.0. The van der Waals surface area contributed by atoms with Gasteiger partial charge in [-0.25, -0.2) is 0 Å². The minimum atomic E-state index is -4.73. The van der Waals surface area contributed by atoms with E-state index in [-0.39, 0.29) is 12.0 Å². The summed E-state index contributed by atoms with van der Waals surface area (Å²) in [6.45, 7) is 0. The summed E-state index contributed by atoms with van der Waals surface area (Å²) in [7, 11) is 0. The molecule has 2 atom stereocenters. The fourth-order valence-corrected chi connectivity index (χ4v) is 3.28. The third-order valence-electron chi connectivity index (χ3n) is 4.03. The second-order valence-electron chi connectivity index (χ2n) is 5.38. The lowest BCUT2D eigenvalue weighted by molar-refractivity contribution is -0.269. The van der Waals surface area contributed by atoms with Gasteiger partial charge in [-0.2, -0.15) is 13.2 Å². The molecule has 2 nitrogen and oxygen atoms in total. The van der Waals surface area contributed by atoms with Crippen LogP contribution in [-0.2, 0) is 15.1 Å². The Morgan fingerprint density at radius 2 is 1.65 bits per heavy atom. The van der Waals surface area contributed by atoms with Gasteiger partial charge in [-0.3, -0.25) is 4.79 Å². The first kappa shape index (κ1) is 16.1. The van der Waals surface area contributed by atoms with Crippen molar-refractivity contribution in [2.24, 2.45) is 0 Å². The maximum atomic E-state index is 14.0. The fourth-order valence-electron chi connectivity index (χ4n) is 3.02. The summed E-state index contributed by atoms with van der Waals surface area (Å²) in [6.07, 6.45) is -5.03. The van der Waals surface area contributed by atoms with E-state index in [9.17, 15) is 18.0 Å². The molecule has 0 radical (unpaired) electrons. The van der Waals surface area contributed by atoms with Crippen molar-refractivity contribution in [3.8, 4) is 0 Å². The third kappa shape index (κ3) is 2.65. The van der Waals surface area contributed by atoms with E-state index in [1.807, 2.05) is 0 Å². The Bertz CT molecular complexity index is 713. The van der Waals surface area contributed by atoms with Crippen LogP contribution in [0.15, 0.2) is 59.1 Å². The van der Waals surface area contributed by atoms with Gasteiger partial charge < -0.3 is 4.74 Å². The van der Waals surface area contributed by atoms with Crippen molar-refractivity contribution >= 4 is 21.9 Å². The first-order valence-electron chi connectivity index (χ1n) is 6.94. The van der Waals surface area contributed by atoms with Crippen LogP contribution in [0.25, 0.3) is 0 Å². The van der Waals surface area contributed by atoms with Gasteiger partial charge in [-0.15, -0.1) is 0 Å². The number of hydrogen-bond donors (Lipinski definition) is 0. The van der Waals surface area contributed by atoms with Crippen LogP contribution in [0.1, 0.15) is 23.5 Å². The van der Waals surface area contributed by atoms with Crippen LogP contribution in [0.2, 0.25) is 0 Å². The molecule has 2 aromatic carbocycles. The lowest BCUT2D eigenvalue weighted by Crippen LogP contribution is -2.46. The van der Waals surface area contributed by atoms with Gasteiger partial charge in [0.1, 0.15) is 0 Å². The van der Waals surface area contributed by atoms with Crippen LogP contribution in [0, 0.1) is 0 Å². The average molecular weight is 385 g/mol. The number of esters is 1. The molecule has 1 saturated heterocycles. The quantitative estimate of drug-likeness (QED) is 0.685. The van der Waals surface area contributed by atoms with E-state index < -0.39 is 23.7 Å². The van der Waals surface area contributed by atoms with E-state index in [4.69, 9.17) is 4.74 Å². The van der Waals surface area contributed by atoms with Gasteiger partial charge in [-0.1, -0.05) is 58.4 Å². The second-order valence-corrected chi connectivity index (χ2v) is 6.30. The van der Waals surface area contributed by atoms with Crippen LogP contribution >= 0.6 is 15.9 Å². The number of rotatable bonds is 2. The number of hydrogen-bond acceptors (Lipinski definition) is 2. The Morgan fingerprint density at radius 1 is 1.04 bits per heavy atom. The fraction of sp³-hybridized carbons (Fsp3) is 0.235. The van der Waals surface area contributed by atoms with Gasteiger partial charge >= 0.3 is 12.1 Å². The lowest BCUT2D eigenvalue weighted by Gasteiger charge is -2.35. The lowest BCUT2D eigenvalue weighted by atomic mass is 9.77. The van der Waals surface area contributed by atoms with E-state index >= 15 is 0 Å². The Hall–Kier alpha value is -1.82. The summed E-state index contributed by atoms with van der Waals surface area (Å²) in [4.78, 5) is 11.8. The molecule has 0 spiro atoms. The van der Waals surface area contributed by atoms with Crippen LogP contribution in [0.4, 0.5) is 13.2 Å². The van der Waals surface area contributed by atoms with Crippen LogP contribution < -0.4 is 0 Å². The minimum Gasteiger partial charge on any atom is -0.444 e. The summed E-state index contributed by atoms with van der Waals surface area (Å²) in [5, 5.41) is 0. The molecule has 120 valence electrons. The average Bonchev–Trinajstić information content (AvgIpc) is 2.87. The molecule has 6 heteroatoms. The molecule has 3 rings (SSSR count). The van der Waals surface area contributed by atoms with Crippen molar-refractivity contribution in [3.05, 3.63) is 70.2 Å². The van der Waals surface area contributed by atoms with E-state index in [1.165, 1.54) is 24.3 Å². The number of benzene rings is 2. The molecule has 2 aromatic rings. The second kappa shape index (κ2) is 5.67. The molecule has 0 amide bonds. The maximum Gasteiger partial charge on any atom is 0.433 e. The molecule has 0 aromatic heterocycles. The molecule has 23 heavy (non-hydrogen) atoms. The SMILES string of the molecule is O=C1C[C@@H](c2ccccc2)[C@@](c2ccc(Br)cc2)(C(F)(F)F)O1. The number of halogens is 4. The molecule has 0 aliphatic carbocycles. The zero-order valence-electron chi connectivity index (χ0n) is 11.8. The topological polar surface area (TPSA) is 26.3 Å². The summed E-state index contributed by atoms with van der Waals surface area (Å²) >= 11 is 3.21. The molecule has 0 unspecified atom stereocenters. The van der Waals surface area contributed by atoms with Crippen molar-refractivity contribution in [1.29, 1.82) is 0 Å². The Morgan fingerprint density at radius 3 is 2.22 bits per heavy atom. The van der Waals surface area contributed by atoms with E-state index in [1.54, 1.807) is 30.3 Å². The Kier molecular flexibility index (Phi) is 3.96. The first-order chi connectivity index (χ1) is 10.8. The highest BCUT2D eigenvalue weighted by Gasteiger charge is 2.67. The zero-order chi connectivity index (χ0) is 16.7.